The monoisotopic (exact) mass is 294 g/mol. The largest absolute Gasteiger partial charge is 0.394 e. The van der Waals surface area contributed by atoms with Crippen molar-refractivity contribution < 1.29 is 19.3 Å². The Morgan fingerprint density at radius 1 is 1.24 bits per heavy atom. The Bertz CT molecular complexity index is 632. The first-order chi connectivity index (χ1) is 10.2. The number of imidazole rings is 1. The van der Waals surface area contributed by atoms with Gasteiger partial charge in [-0.3, -0.25) is 4.57 Å². The molecule has 1 aliphatic rings. The third-order valence-electron chi connectivity index (χ3n) is 3.83. The molecule has 3 rings (SSSR count). The number of hydrogen-bond donors (Lipinski definition) is 1. The van der Waals surface area contributed by atoms with E-state index < -0.39 is 12.3 Å². The summed E-state index contributed by atoms with van der Waals surface area (Å²) in [4.78, 5) is 12.7. The number of hydrogen-bond acceptors (Lipinski definition) is 7. The summed E-state index contributed by atoms with van der Waals surface area (Å²) in [6, 6.07) is 0. The van der Waals surface area contributed by atoms with Gasteiger partial charge in [-0.2, -0.15) is 0 Å². The van der Waals surface area contributed by atoms with Gasteiger partial charge in [0.1, 0.15) is 30.2 Å². The molecule has 2 aromatic heterocycles. The summed E-state index contributed by atoms with van der Waals surface area (Å²) < 4.78 is 18.6. The molecule has 0 aliphatic carbocycles. The van der Waals surface area contributed by atoms with Crippen LogP contribution in [0, 0.1) is 6.92 Å². The highest BCUT2D eigenvalue weighted by Gasteiger charge is 2.46. The number of aliphatic hydroxyl groups excluding tert-OH is 1. The summed E-state index contributed by atoms with van der Waals surface area (Å²) in [5, 5.41) is 9.44. The molecule has 4 atom stereocenters. The van der Waals surface area contributed by atoms with Crippen molar-refractivity contribution in [3.63, 3.8) is 0 Å². The Kier molecular flexibility index (Phi) is 3.85. The predicted octanol–water partition coefficient (Wildman–Crippen LogP) is 0.0544. The predicted molar refractivity (Wildman–Crippen MR) is 72.6 cm³/mol. The fourth-order valence-corrected chi connectivity index (χ4v) is 2.77. The molecule has 0 bridgehead atoms. The highest BCUT2D eigenvalue weighted by atomic mass is 16.6. The van der Waals surface area contributed by atoms with E-state index in [-0.39, 0.29) is 18.8 Å². The van der Waals surface area contributed by atoms with Crippen LogP contribution in [0.5, 0.6) is 0 Å². The van der Waals surface area contributed by atoms with Crippen molar-refractivity contribution in [1.29, 1.82) is 0 Å². The second-order valence-electron chi connectivity index (χ2n) is 4.93. The summed E-state index contributed by atoms with van der Waals surface area (Å²) in [6.07, 6.45) is 1.51. The Morgan fingerprint density at radius 2 is 2.00 bits per heavy atom. The van der Waals surface area contributed by atoms with Crippen LogP contribution in [-0.2, 0) is 14.2 Å². The average Bonchev–Trinajstić information content (AvgIpc) is 3.07. The molecule has 0 radical (unpaired) electrons. The molecule has 1 N–H and O–H groups in total. The Balaban J connectivity index is 2.03. The minimum atomic E-state index is -0.462. The number of aryl methyl sites for hydroxylation is 1. The van der Waals surface area contributed by atoms with E-state index in [0.717, 1.165) is 11.2 Å². The number of fused-ring (bicyclic) bond motifs is 1. The molecule has 0 spiro atoms. The highest BCUT2D eigenvalue weighted by molar-refractivity contribution is 5.72. The third-order valence-corrected chi connectivity index (χ3v) is 3.83. The van der Waals surface area contributed by atoms with E-state index in [4.69, 9.17) is 14.2 Å². The Hall–Kier alpha value is -1.61. The van der Waals surface area contributed by atoms with E-state index in [1.807, 2.05) is 6.92 Å². The summed E-state index contributed by atoms with van der Waals surface area (Å²) >= 11 is 0. The van der Waals surface area contributed by atoms with Crippen molar-refractivity contribution in [2.45, 2.75) is 31.5 Å². The Morgan fingerprint density at radius 3 is 2.67 bits per heavy atom. The van der Waals surface area contributed by atoms with E-state index in [2.05, 4.69) is 15.0 Å². The quantitative estimate of drug-likeness (QED) is 0.852. The first-order valence-electron chi connectivity index (χ1n) is 6.67. The number of methoxy groups -OCH3 is 2. The number of nitrogens with zero attached hydrogens (tertiary/aromatic N) is 4. The minimum absolute atomic E-state index is 0.143. The van der Waals surface area contributed by atoms with Crippen LogP contribution < -0.4 is 0 Å². The smallest absolute Gasteiger partial charge is 0.166 e. The lowest BCUT2D eigenvalue weighted by atomic mass is 10.1. The number of aromatic nitrogens is 4. The zero-order chi connectivity index (χ0) is 15.0. The molecule has 0 aromatic carbocycles. The van der Waals surface area contributed by atoms with Crippen molar-refractivity contribution in [1.82, 2.24) is 19.5 Å². The van der Waals surface area contributed by atoms with E-state index in [0.29, 0.717) is 5.65 Å². The fraction of sp³-hybridized carbons (Fsp3) is 0.615. The molecular formula is C13H18N4O4. The van der Waals surface area contributed by atoms with E-state index in [9.17, 15) is 5.11 Å². The summed E-state index contributed by atoms with van der Waals surface area (Å²) in [5.74, 6) is 0. The lowest BCUT2D eigenvalue weighted by Crippen LogP contribution is -2.36. The van der Waals surface area contributed by atoms with Crippen molar-refractivity contribution >= 4 is 11.2 Å². The maximum atomic E-state index is 9.44. The van der Waals surface area contributed by atoms with Gasteiger partial charge in [-0.05, 0) is 6.92 Å². The van der Waals surface area contributed by atoms with Gasteiger partial charge in [0.05, 0.1) is 18.6 Å². The zero-order valence-corrected chi connectivity index (χ0v) is 12.1. The molecule has 3 heterocycles. The van der Waals surface area contributed by atoms with Crippen LogP contribution >= 0.6 is 0 Å². The van der Waals surface area contributed by atoms with Crippen molar-refractivity contribution in [2.24, 2.45) is 0 Å². The lowest BCUT2D eigenvalue weighted by molar-refractivity contribution is -0.0583. The van der Waals surface area contributed by atoms with Gasteiger partial charge in [-0.15, -0.1) is 0 Å². The van der Waals surface area contributed by atoms with E-state index >= 15 is 0 Å². The zero-order valence-electron chi connectivity index (χ0n) is 12.1. The van der Waals surface area contributed by atoms with Crippen LogP contribution in [0.3, 0.4) is 0 Å². The molecule has 1 aliphatic heterocycles. The normalized spacial score (nSPS) is 29.3. The topological polar surface area (TPSA) is 91.5 Å². The van der Waals surface area contributed by atoms with Crippen LogP contribution in [0.25, 0.3) is 11.2 Å². The minimum Gasteiger partial charge on any atom is -0.394 e. The molecule has 2 aromatic rings. The van der Waals surface area contributed by atoms with Crippen LogP contribution in [0.4, 0.5) is 0 Å². The SMILES string of the molecule is COC1[C@@H](CO)O[C@@H](n2cnc3c(C)ncnc32)[C@H]1OC. The maximum Gasteiger partial charge on any atom is 0.166 e. The number of rotatable bonds is 4. The van der Waals surface area contributed by atoms with Gasteiger partial charge in [-0.25, -0.2) is 15.0 Å². The van der Waals surface area contributed by atoms with Gasteiger partial charge < -0.3 is 19.3 Å². The molecule has 8 heteroatoms. The third kappa shape index (κ3) is 2.20. The molecule has 1 fully saturated rings. The maximum absolute atomic E-state index is 9.44. The standard InChI is InChI=1S/C13H18N4O4/c1-7-9-12(15-5-14-7)17(6-16-9)13-11(20-3)10(19-2)8(4-18)21-13/h5-6,8,10-11,13,18H,4H2,1-3H3/t8-,10?,11+,13-/m1/s1. The number of ether oxygens (including phenoxy) is 3. The van der Waals surface area contributed by atoms with Gasteiger partial charge in [-0.1, -0.05) is 0 Å². The van der Waals surface area contributed by atoms with Crippen LogP contribution in [-0.4, -0.2) is 63.8 Å². The van der Waals surface area contributed by atoms with Gasteiger partial charge in [0.15, 0.2) is 11.9 Å². The van der Waals surface area contributed by atoms with Gasteiger partial charge in [0.25, 0.3) is 0 Å². The van der Waals surface area contributed by atoms with Crippen LogP contribution in [0.2, 0.25) is 0 Å². The molecule has 0 amide bonds. The first-order valence-corrected chi connectivity index (χ1v) is 6.67. The molecule has 1 saturated heterocycles. The second kappa shape index (κ2) is 5.64. The van der Waals surface area contributed by atoms with Gasteiger partial charge in [0.2, 0.25) is 0 Å². The first kappa shape index (κ1) is 14.3. The second-order valence-corrected chi connectivity index (χ2v) is 4.93. The van der Waals surface area contributed by atoms with E-state index in [1.54, 1.807) is 25.1 Å². The summed E-state index contributed by atoms with van der Waals surface area (Å²) in [6.45, 7) is 1.73. The summed E-state index contributed by atoms with van der Waals surface area (Å²) in [5.41, 5.74) is 2.19. The molecule has 0 saturated carbocycles. The molecule has 21 heavy (non-hydrogen) atoms. The van der Waals surface area contributed by atoms with Crippen LogP contribution in [0.1, 0.15) is 11.9 Å². The highest BCUT2D eigenvalue weighted by Crippen LogP contribution is 2.34. The number of aliphatic hydroxyl groups is 1. The molecule has 8 nitrogen and oxygen atoms in total. The molecular weight excluding hydrogens is 276 g/mol. The van der Waals surface area contributed by atoms with Gasteiger partial charge in [0, 0.05) is 14.2 Å². The van der Waals surface area contributed by atoms with Crippen LogP contribution in [0.15, 0.2) is 12.7 Å². The summed E-state index contributed by atoms with van der Waals surface area (Å²) in [7, 11) is 3.16. The lowest BCUT2D eigenvalue weighted by Gasteiger charge is -2.21. The Labute approximate surface area is 121 Å². The van der Waals surface area contributed by atoms with Gasteiger partial charge >= 0.3 is 0 Å². The van der Waals surface area contributed by atoms with Crippen molar-refractivity contribution in [3.8, 4) is 0 Å². The van der Waals surface area contributed by atoms with Crippen molar-refractivity contribution in [3.05, 3.63) is 18.3 Å². The average molecular weight is 294 g/mol. The van der Waals surface area contributed by atoms with E-state index in [1.165, 1.54) is 6.33 Å². The molecule has 114 valence electrons. The molecule has 1 unspecified atom stereocenters. The fourth-order valence-electron chi connectivity index (χ4n) is 2.77. The van der Waals surface area contributed by atoms with Crippen molar-refractivity contribution in [2.75, 3.05) is 20.8 Å².